The van der Waals surface area contributed by atoms with E-state index in [0.717, 1.165) is 6.42 Å². The van der Waals surface area contributed by atoms with Gasteiger partial charge >= 0.3 is 0 Å². The maximum Gasteiger partial charge on any atom is 0.0951 e. The van der Waals surface area contributed by atoms with Gasteiger partial charge in [-0.1, -0.05) is 70.9 Å². The molecule has 1 unspecified atom stereocenters. The Bertz CT molecular complexity index is 415. The van der Waals surface area contributed by atoms with Crippen LogP contribution in [0.5, 0.6) is 0 Å². The zero-order valence-electron chi connectivity index (χ0n) is 13.9. The molecule has 0 saturated carbocycles. The Labute approximate surface area is 124 Å². The quantitative estimate of drug-likeness (QED) is 0.706. The molecule has 1 aromatic heterocycles. The van der Waals surface area contributed by atoms with E-state index < -0.39 is 0 Å². The molecule has 1 atom stereocenters. The average Bonchev–Trinajstić information content (AvgIpc) is 3.04. The number of hydrogen-bond donors (Lipinski definition) is 0. The molecule has 0 aliphatic rings. The lowest BCUT2D eigenvalue weighted by Crippen LogP contribution is -2.08. The van der Waals surface area contributed by atoms with Gasteiger partial charge in [-0.2, -0.15) is 0 Å². The van der Waals surface area contributed by atoms with Gasteiger partial charge < -0.3 is 4.57 Å². The van der Waals surface area contributed by atoms with Crippen molar-refractivity contribution in [1.29, 1.82) is 0 Å². The smallest absolute Gasteiger partial charge is 0.0951 e. The van der Waals surface area contributed by atoms with Crippen LogP contribution in [0.1, 0.15) is 64.6 Å². The number of rotatable bonds is 4. The van der Waals surface area contributed by atoms with E-state index in [9.17, 15) is 0 Å². The summed E-state index contributed by atoms with van der Waals surface area (Å²) in [5.74, 6) is 0. The summed E-state index contributed by atoms with van der Waals surface area (Å²) >= 11 is 0. The van der Waals surface area contributed by atoms with E-state index in [-0.39, 0.29) is 0 Å². The predicted molar refractivity (Wildman–Crippen MR) is 89.1 cm³/mol. The van der Waals surface area contributed by atoms with Crippen LogP contribution in [0.15, 0.2) is 43.0 Å². The van der Waals surface area contributed by atoms with Crippen LogP contribution >= 0.6 is 0 Å². The lowest BCUT2D eigenvalue weighted by molar-refractivity contribution is 0.532. The Balaban J connectivity index is 0.000000829. The molecule has 0 radical (unpaired) electrons. The normalized spacial score (nSPS) is 10.7. The number of hydrogen-bond acceptors (Lipinski definition) is 1. The number of aryl methyl sites for hydroxylation is 1. The first kappa shape index (κ1) is 18.4. The van der Waals surface area contributed by atoms with Crippen LogP contribution in [0.3, 0.4) is 0 Å². The Kier molecular flexibility index (Phi) is 10.4. The van der Waals surface area contributed by atoms with Crippen LogP contribution in [0.2, 0.25) is 0 Å². The third kappa shape index (κ3) is 5.60. The van der Waals surface area contributed by atoms with Gasteiger partial charge in [-0.05, 0) is 18.9 Å². The number of imidazole rings is 1. The van der Waals surface area contributed by atoms with E-state index in [1.807, 2.05) is 46.4 Å². The van der Waals surface area contributed by atoms with Gasteiger partial charge in [0.05, 0.1) is 12.4 Å². The molecule has 2 rings (SSSR count). The molecule has 2 aromatic rings. The fraction of sp³-hybridized carbons (Fsp3) is 0.500. The molecule has 112 valence electrons. The summed E-state index contributed by atoms with van der Waals surface area (Å²) in [4.78, 5) is 4.13. The van der Waals surface area contributed by atoms with Gasteiger partial charge in [-0.25, -0.2) is 4.98 Å². The van der Waals surface area contributed by atoms with Gasteiger partial charge in [0.2, 0.25) is 0 Å². The van der Waals surface area contributed by atoms with E-state index >= 15 is 0 Å². The number of benzene rings is 1. The highest BCUT2D eigenvalue weighted by molar-refractivity contribution is 5.24. The molecule has 2 heteroatoms. The minimum atomic E-state index is 0.424. The standard InChI is InChI=1S/C14H18N2.2C2H6/c1-3-4-14(16-10-9-15-11-16)13-7-5-12(2)6-8-13;2*1-2/h5-11,14H,3-4H2,1-2H3;2*1-2H3. The molecular weight excluding hydrogens is 244 g/mol. The molecule has 1 heterocycles. The van der Waals surface area contributed by atoms with Gasteiger partial charge in [-0.3, -0.25) is 0 Å². The maximum atomic E-state index is 4.13. The van der Waals surface area contributed by atoms with Crippen LogP contribution in [-0.2, 0) is 0 Å². The first-order valence-electron chi connectivity index (χ1n) is 7.85. The Morgan fingerprint density at radius 2 is 1.65 bits per heavy atom. The van der Waals surface area contributed by atoms with Crippen molar-refractivity contribution in [3.05, 3.63) is 54.1 Å². The zero-order valence-corrected chi connectivity index (χ0v) is 13.9. The van der Waals surface area contributed by atoms with E-state index in [4.69, 9.17) is 0 Å². The lowest BCUT2D eigenvalue weighted by Gasteiger charge is -2.18. The second-order valence-corrected chi connectivity index (χ2v) is 4.23. The summed E-state index contributed by atoms with van der Waals surface area (Å²) in [7, 11) is 0. The second kappa shape index (κ2) is 11.3. The first-order valence-corrected chi connectivity index (χ1v) is 7.85. The third-order valence-electron chi connectivity index (χ3n) is 2.91. The van der Waals surface area contributed by atoms with Gasteiger partial charge in [0.1, 0.15) is 0 Å². The molecule has 0 N–H and O–H groups in total. The molecule has 0 bridgehead atoms. The minimum absolute atomic E-state index is 0.424. The SMILES string of the molecule is CC.CC.CCCC(c1ccc(C)cc1)n1ccnc1. The monoisotopic (exact) mass is 274 g/mol. The molecule has 0 fully saturated rings. The van der Waals surface area contributed by atoms with Crippen LogP contribution in [0.25, 0.3) is 0 Å². The van der Waals surface area contributed by atoms with E-state index in [1.54, 1.807) is 0 Å². The summed E-state index contributed by atoms with van der Waals surface area (Å²) in [5, 5.41) is 0. The van der Waals surface area contributed by atoms with Crippen LogP contribution < -0.4 is 0 Å². The summed E-state index contributed by atoms with van der Waals surface area (Å²) in [6.07, 6.45) is 8.12. The van der Waals surface area contributed by atoms with Crippen molar-refractivity contribution in [3.63, 3.8) is 0 Å². The van der Waals surface area contributed by atoms with E-state index in [0.29, 0.717) is 6.04 Å². The van der Waals surface area contributed by atoms with Gasteiger partial charge in [0, 0.05) is 12.4 Å². The van der Waals surface area contributed by atoms with Crippen molar-refractivity contribution < 1.29 is 0 Å². The van der Waals surface area contributed by atoms with Gasteiger partial charge in [0.15, 0.2) is 0 Å². The fourth-order valence-electron chi connectivity index (χ4n) is 2.00. The summed E-state index contributed by atoms with van der Waals surface area (Å²) in [6.45, 7) is 12.3. The maximum absolute atomic E-state index is 4.13. The first-order chi connectivity index (χ1) is 9.81. The molecule has 0 spiro atoms. The molecule has 1 aromatic carbocycles. The molecule has 0 saturated heterocycles. The largest absolute Gasteiger partial charge is 0.330 e. The van der Waals surface area contributed by atoms with Crippen molar-refractivity contribution >= 4 is 0 Å². The van der Waals surface area contributed by atoms with E-state index in [1.165, 1.54) is 17.5 Å². The van der Waals surface area contributed by atoms with Gasteiger partial charge in [-0.15, -0.1) is 0 Å². The highest BCUT2D eigenvalue weighted by atomic mass is 15.0. The molecule has 20 heavy (non-hydrogen) atoms. The molecule has 2 nitrogen and oxygen atoms in total. The predicted octanol–water partition coefficient (Wildman–Crippen LogP) is 5.63. The van der Waals surface area contributed by atoms with Crippen molar-refractivity contribution in [3.8, 4) is 0 Å². The summed E-state index contributed by atoms with van der Waals surface area (Å²) in [6, 6.07) is 9.21. The number of aromatic nitrogens is 2. The van der Waals surface area contributed by atoms with Crippen LogP contribution in [-0.4, -0.2) is 9.55 Å². The van der Waals surface area contributed by atoms with Crippen molar-refractivity contribution in [2.45, 2.75) is 60.4 Å². The second-order valence-electron chi connectivity index (χ2n) is 4.23. The number of nitrogens with zero attached hydrogens (tertiary/aromatic N) is 2. The molecule has 0 aliphatic heterocycles. The Hall–Kier alpha value is -1.57. The Morgan fingerprint density at radius 1 is 1.05 bits per heavy atom. The highest BCUT2D eigenvalue weighted by Gasteiger charge is 2.11. The van der Waals surface area contributed by atoms with Crippen molar-refractivity contribution in [2.75, 3.05) is 0 Å². The van der Waals surface area contributed by atoms with Gasteiger partial charge in [0.25, 0.3) is 0 Å². The lowest BCUT2D eigenvalue weighted by atomic mass is 10.0. The molecule has 0 amide bonds. The molecule has 0 aliphatic carbocycles. The average molecular weight is 274 g/mol. The van der Waals surface area contributed by atoms with Crippen molar-refractivity contribution in [1.82, 2.24) is 9.55 Å². The topological polar surface area (TPSA) is 17.8 Å². The van der Waals surface area contributed by atoms with Crippen LogP contribution in [0, 0.1) is 6.92 Å². The summed E-state index contributed by atoms with van der Waals surface area (Å²) < 4.78 is 2.19. The van der Waals surface area contributed by atoms with Crippen molar-refractivity contribution in [2.24, 2.45) is 0 Å². The highest BCUT2D eigenvalue weighted by Crippen LogP contribution is 2.23. The molecular formula is C18H30N2. The summed E-state index contributed by atoms with van der Waals surface area (Å²) in [5.41, 5.74) is 2.68. The minimum Gasteiger partial charge on any atom is -0.330 e. The zero-order chi connectivity index (χ0) is 15.4. The Morgan fingerprint density at radius 3 is 2.10 bits per heavy atom. The third-order valence-corrected chi connectivity index (χ3v) is 2.91. The van der Waals surface area contributed by atoms with E-state index in [2.05, 4.69) is 47.7 Å². The van der Waals surface area contributed by atoms with Crippen LogP contribution in [0.4, 0.5) is 0 Å². The fourth-order valence-corrected chi connectivity index (χ4v) is 2.00.